The van der Waals surface area contributed by atoms with Gasteiger partial charge in [-0.2, -0.15) is 5.10 Å². The number of hydrogen-bond acceptors (Lipinski definition) is 6. The molecule has 36 heavy (non-hydrogen) atoms. The van der Waals surface area contributed by atoms with E-state index in [9.17, 15) is 22.8 Å². The molecule has 0 radical (unpaired) electrons. The Hall–Kier alpha value is -3.60. The van der Waals surface area contributed by atoms with Crippen molar-refractivity contribution in [3.8, 4) is 0 Å². The maximum atomic E-state index is 13.6. The number of fused-ring (bicyclic) bond motifs is 2. The summed E-state index contributed by atoms with van der Waals surface area (Å²) in [4.78, 5) is 27.3. The molecule has 0 saturated carbocycles. The molecule has 4 rings (SSSR count). The van der Waals surface area contributed by atoms with Gasteiger partial charge in [0.2, 0.25) is 0 Å². The lowest BCUT2D eigenvalue weighted by molar-refractivity contribution is -0.145. The average molecular weight is 504 g/mol. The number of anilines is 1. The summed E-state index contributed by atoms with van der Waals surface area (Å²) in [6.45, 7) is 3.59. The van der Waals surface area contributed by atoms with Crippen molar-refractivity contribution in [1.29, 1.82) is 0 Å². The van der Waals surface area contributed by atoms with Crippen molar-refractivity contribution in [2.45, 2.75) is 39.9 Å². The molecular formula is C25H28F3N5O3. The summed E-state index contributed by atoms with van der Waals surface area (Å²) in [7, 11) is 1.63. The maximum Gasteiger partial charge on any atom is 0.325 e. The number of nitrogens with zero attached hydrogens (tertiary/aromatic N) is 5. The second-order valence-electron chi connectivity index (χ2n) is 8.73. The molecule has 0 saturated heterocycles. The topological polar surface area (TPSA) is 70.9 Å². The van der Waals surface area contributed by atoms with Gasteiger partial charge >= 0.3 is 5.97 Å². The van der Waals surface area contributed by atoms with Gasteiger partial charge in [0.05, 0.1) is 24.9 Å². The second kappa shape index (κ2) is 10.6. The fraction of sp³-hybridized carbons (Fsp3) is 0.400. The summed E-state index contributed by atoms with van der Waals surface area (Å²) in [5.41, 5.74) is 3.52. The summed E-state index contributed by atoms with van der Waals surface area (Å²) in [5.74, 6) is -1.15. The molecule has 11 heteroatoms. The minimum Gasteiger partial charge on any atom is -0.465 e. The van der Waals surface area contributed by atoms with E-state index >= 15 is 0 Å². The first kappa shape index (κ1) is 25.5. The third-order valence-corrected chi connectivity index (χ3v) is 6.22. The van der Waals surface area contributed by atoms with Gasteiger partial charge in [-0.3, -0.25) is 19.3 Å². The quantitative estimate of drug-likeness (QED) is 0.417. The van der Waals surface area contributed by atoms with Crippen LogP contribution in [0.1, 0.15) is 23.6 Å². The van der Waals surface area contributed by atoms with Crippen molar-refractivity contribution in [3.05, 3.63) is 59.0 Å². The average Bonchev–Trinajstić information content (AvgIpc) is 3.40. The Morgan fingerprint density at radius 3 is 2.61 bits per heavy atom. The zero-order valence-corrected chi connectivity index (χ0v) is 20.4. The zero-order valence-electron chi connectivity index (χ0n) is 20.4. The summed E-state index contributed by atoms with van der Waals surface area (Å²) in [6, 6.07) is 8.01. The highest BCUT2D eigenvalue weighted by Crippen LogP contribution is 2.28. The molecule has 1 aliphatic heterocycles. The van der Waals surface area contributed by atoms with Crippen LogP contribution in [0.2, 0.25) is 0 Å². The Kier molecular flexibility index (Phi) is 7.48. The van der Waals surface area contributed by atoms with E-state index in [1.165, 1.54) is 28.0 Å². The van der Waals surface area contributed by atoms with Crippen molar-refractivity contribution in [2.75, 3.05) is 31.6 Å². The Morgan fingerprint density at radius 2 is 1.89 bits per heavy atom. The standard InChI is InChI=1S/C25H28F3N5O3/c1-4-36-25(35)15-31(21-9-22-18(7-16(21)2)10-29-33(22)13-23(27)28)14-24(34)30(3)32-11-17-5-6-20(26)8-19(17)12-32/h5-10,23H,4,11-15H2,1-3H3. The summed E-state index contributed by atoms with van der Waals surface area (Å²) >= 11 is 0. The van der Waals surface area contributed by atoms with Crippen LogP contribution in [0.4, 0.5) is 18.9 Å². The van der Waals surface area contributed by atoms with E-state index < -0.39 is 18.9 Å². The highest BCUT2D eigenvalue weighted by atomic mass is 19.3. The number of amides is 1. The van der Waals surface area contributed by atoms with Gasteiger partial charge in [-0.15, -0.1) is 0 Å². The highest BCUT2D eigenvalue weighted by Gasteiger charge is 2.28. The van der Waals surface area contributed by atoms with Crippen LogP contribution >= 0.6 is 0 Å². The number of rotatable bonds is 9. The SMILES string of the molecule is CCOC(=O)CN(CC(=O)N(C)N1Cc2ccc(F)cc2C1)c1cc2c(cnn2CC(F)F)cc1C. The van der Waals surface area contributed by atoms with Crippen LogP contribution in [0.15, 0.2) is 36.5 Å². The molecule has 192 valence electrons. The number of hydrogen-bond donors (Lipinski definition) is 0. The molecule has 1 aliphatic rings. The molecular weight excluding hydrogens is 475 g/mol. The monoisotopic (exact) mass is 503 g/mol. The van der Waals surface area contributed by atoms with Crippen LogP contribution < -0.4 is 4.90 Å². The predicted molar refractivity (Wildman–Crippen MR) is 128 cm³/mol. The van der Waals surface area contributed by atoms with Crippen LogP contribution in [0.25, 0.3) is 10.9 Å². The minimum absolute atomic E-state index is 0.161. The fourth-order valence-corrected chi connectivity index (χ4v) is 4.42. The predicted octanol–water partition coefficient (Wildman–Crippen LogP) is 3.51. The van der Waals surface area contributed by atoms with E-state index in [0.717, 1.165) is 16.7 Å². The van der Waals surface area contributed by atoms with E-state index in [2.05, 4.69) is 5.10 Å². The first-order valence-corrected chi connectivity index (χ1v) is 11.6. The molecule has 0 atom stereocenters. The molecule has 2 heterocycles. The van der Waals surface area contributed by atoms with E-state index in [0.29, 0.717) is 29.7 Å². The van der Waals surface area contributed by atoms with Gasteiger partial charge in [0, 0.05) is 31.2 Å². The number of hydrazine groups is 1. The number of aromatic nitrogens is 2. The number of aryl methyl sites for hydroxylation is 1. The van der Waals surface area contributed by atoms with E-state index in [1.54, 1.807) is 42.1 Å². The van der Waals surface area contributed by atoms with Crippen molar-refractivity contribution in [3.63, 3.8) is 0 Å². The lowest BCUT2D eigenvalue weighted by Crippen LogP contribution is -2.47. The highest BCUT2D eigenvalue weighted by molar-refractivity contribution is 5.89. The number of likely N-dealkylation sites (N-methyl/N-ethyl adjacent to an activating group) is 1. The molecule has 3 aromatic rings. The number of esters is 1. The number of alkyl halides is 2. The molecule has 0 spiro atoms. The van der Waals surface area contributed by atoms with Crippen LogP contribution in [-0.4, -0.2) is 64.8 Å². The van der Waals surface area contributed by atoms with Gasteiger partial charge in [-0.1, -0.05) is 6.07 Å². The van der Waals surface area contributed by atoms with E-state index in [-0.39, 0.29) is 31.4 Å². The minimum atomic E-state index is -2.58. The maximum absolute atomic E-state index is 13.6. The van der Waals surface area contributed by atoms with Crippen molar-refractivity contribution < 1.29 is 27.5 Å². The van der Waals surface area contributed by atoms with Crippen LogP contribution in [-0.2, 0) is 34.0 Å². The molecule has 0 aliphatic carbocycles. The number of benzene rings is 2. The van der Waals surface area contributed by atoms with Gasteiger partial charge in [0.15, 0.2) is 0 Å². The molecule has 0 unspecified atom stereocenters. The largest absolute Gasteiger partial charge is 0.465 e. The van der Waals surface area contributed by atoms with E-state index in [4.69, 9.17) is 4.74 Å². The molecule has 0 bridgehead atoms. The summed E-state index contributed by atoms with van der Waals surface area (Å²) in [6.07, 6.45) is -1.07. The number of ether oxygens (including phenoxy) is 1. The van der Waals surface area contributed by atoms with Gasteiger partial charge in [0.25, 0.3) is 12.3 Å². The van der Waals surface area contributed by atoms with Crippen LogP contribution in [0, 0.1) is 12.7 Å². The third kappa shape index (κ3) is 5.46. The molecule has 1 amide bonds. The Bertz CT molecular complexity index is 1280. The first-order chi connectivity index (χ1) is 17.2. The normalized spacial score (nSPS) is 13.3. The molecule has 0 N–H and O–H groups in total. The molecule has 2 aromatic carbocycles. The Labute approximate surface area is 206 Å². The summed E-state index contributed by atoms with van der Waals surface area (Å²) < 4.78 is 46.0. The van der Waals surface area contributed by atoms with E-state index in [1.807, 2.05) is 6.92 Å². The fourth-order valence-electron chi connectivity index (χ4n) is 4.42. The van der Waals surface area contributed by atoms with Crippen LogP contribution in [0.5, 0.6) is 0 Å². The van der Waals surface area contributed by atoms with Crippen LogP contribution in [0.3, 0.4) is 0 Å². The third-order valence-electron chi connectivity index (χ3n) is 6.22. The first-order valence-electron chi connectivity index (χ1n) is 11.6. The lowest BCUT2D eigenvalue weighted by atomic mass is 10.1. The van der Waals surface area contributed by atoms with Crippen molar-refractivity contribution in [1.82, 2.24) is 19.8 Å². The van der Waals surface area contributed by atoms with Gasteiger partial charge in [-0.25, -0.2) is 18.2 Å². The van der Waals surface area contributed by atoms with Gasteiger partial charge < -0.3 is 9.64 Å². The van der Waals surface area contributed by atoms with Crippen molar-refractivity contribution >= 4 is 28.5 Å². The number of halogens is 3. The zero-order chi connectivity index (χ0) is 26.0. The Morgan fingerprint density at radius 1 is 1.14 bits per heavy atom. The Balaban J connectivity index is 1.59. The number of carbonyl (C=O) groups is 2. The molecule has 1 aromatic heterocycles. The smallest absolute Gasteiger partial charge is 0.325 e. The van der Waals surface area contributed by atoms with Crippen molar-refractivity contribution in [2.24, 2.45) is 0 Å². The number of carbonyl (C=O) groups excluding carboxylic acids is 2. The lowest BCUT2D eigenvalue weighted by Gasteiger charge is -2.31. The van der Waals surface area contributed by atoms with Gasteiger partial charge in [0.1, 0.15) is 18.9 Å². The molecule has 8 nitrogen and oxygen atoms in total. The molecule has 0 fully saturated rings. The summed E-state index contributed by atoms with van der Waals surface area (Å²) in [5, 5.41) is 7.99. The second-order valence-corrected chi connectivity index (χ2v) is 8.73. The van der Waals surface area contributed by atoms with Gasteiger partial charge in [-0.05, 0) is 54.8 Å².